The molecule has 78 valence electrons. The van der Waals surface area contributed by atoms with Crippen molar-refractivity contribution in [3.63, 3.8) is 0 Å². The molecule has 0 unspecified atom stereocenters. The van der Waals surface area contributed by atoms with Gasteiger partial charge in [-0.05, 0) is 17.5 Å². The Kier molecular flexibility index (Phi) is 3.26. The summed E-state index contributed by atoms with van der Waals surface area (Å²) in [5.74, 6) is 0.419. The Morgan fingerprint density at radius 1 is 1.36 bits per heavy atom. The third kappa shape index (κ3) is 3.46. The smallest absolute Gasteiger partial charge is 0.0915 e. The molecule has 0 aliphatic rings. The predicted molar refractivity (Wildman–Crippen MR) is 60.4 cm³/mol. The molecule has 0 spiro atoms. The van der Waals surface area contributed by atoms with E-state index in [9.17, 15) is 4.21 Å². The molecule has 0 fully saturated rings. The lowest BCUT2D eigenvalue weighted by Crippen LogP contribution is -1.91. The first-order valence-corrected chi connectivity index (χ1v) is 6.84. The summed E-state index contributed by atoms with van der Waals surface area (Å²) in [7, 11) is -2.08. The molecule has 1 aromatic rings. The molecule has 1 heterocycles. The summed E-state index contributed by atoms with van der Waals surface area (Å²) in [6.45, 7) is 4.19. The van der Waals surface area contributed by atoms with Crippen LogP contribution in [0.4, 0.5) is 5.69 Å². The molecule has 4 heteroatoms. The molecule has 3 nitrogen and oxygen atoms in total. The standard InChI is InChI=1S/C10H16N2OS/c1-8(2)9-5-10(7-11-6-9)12-14(3,4)13/h5-8H,1-4H3. The van der Waals surface area contributed by atoms with Gasteiger partial charge in [0.25, 0.3) is 0 Å². The quantitative estimate of drug-likeness (QED) is 0.756. The van der Waals surface area contributed by atoms with Crippen LogP contribution in [0.5, 0.6) is 0 Å². The van der Waals surface area contributed by atoms with Gasteiger partial charge in [0.2, 0.25) is 0 Å². The van der Waals surface area contributed by atoms with E-state index >= 15 is 0 Å². The fourth-order valence-electron chi connectivity index (χ4n) is 1.06. The second-order valence-corrected chi connectivity index (χ2v) is 6.45. The molecule has 0 atom stereocenters. The highest BCUT2D eigenvalue weighted by molar-refractivity contribution is 7.92. The second-order valence-electron chi connectivity index (χ2n) is 3.90. The number of rotatable bonds is 2. The summed E-state index contributed by atoms with van der Waals surface area (Å²) in [6, 6.07) is 1.93. The molecule has 0 aliphatic carbocycles. The zero-order valence-electron chi connectivity index (χ0n) is 9.02. The van der Waals surface area contributed by atoms with Crippen molar-refractivity contribution < 1.29 is 4.21 Å². The molecule has 1 rings (SSSR count). The minimum Gasteiger partial charge on any atom is -0.262 e. The van der Waals surface area contributed by atoms with Crippen molar-refractivity contribution in [1.82, 2.24) is 4.98 Å². The maximum Gasteiger partial charge on any atom is 0.0915 e. The number of aromatic nitrogens is 1. The average molecular weight is 212 g/mol. The number of nitrogens with zero attached hydrogens (tertiary/aromatic N) is 2. The minimum atomic E-state index is -2.08. The van der Waals surface area contributed by atoms with Crippen LogP contribution in [-0.2, 0) is 9.73 Å². The van der Waals surface area contributed by atoms with Crippen LogP contribution in [0.3, 0.4) is 0 Å². The van der Waals surface area contributed by atoms with Gasteiger partial charge in [0, 0.05) is 28.4 Å². The van der Waals surface area contributed by atoms with Crippen LogP contribution in [0.15, 0.2) is 22.8 Å². The molecule has 0 N–H and O–H groups in total. The van der Waals surface area contributed by atoms with Gasteiger partial charge in [-0.25, -0.2) is 4.21 Å². The minimum absolute atomic E-state index is 0.419. The Morgan fingerprint density at radius 3 is 2.50 bits per heavy atom. The molecule has 1 aromatic heterocycles. The predicted octanol–water partition coefficient (Wildman–Crippen LogP) is 2.56. The molecule has 14 heavy (non-hydrogen) atoms. The third-order valence-electron chi connectivity index (χ3n) is 1.74. The van der Waals surface area contributed by atoms with Crippen molar-refractivity contribution in [3.8, 4) is 0 Å². The molecule has 0 bridgehead atoms. The first kappa shape index (κ1) is 11.2. The molecule has 0 saturated heterocycles. The number of hydrogen-bond acceptors (Lipinski definition) is 3. The van der Waals surface area contributed by atoms with Crippen LogP contribution < -0.4 is 0 Å². The van der Waals surface area contributed by atoms with Gasteiger partial charge in [0.15, 0.2) is 0 Å². The molecule has 0 saturated carbocycles. The van der Waals surface area contributed by atoms with E-state index in [-0.39, 0.29) is 0 Å². The summed E-state index contributed by atoms with van der Waals surface area (Å²) in [5.41, 5.74) is 1.82. The second kappa shape index (κ2) is 4.09. The van der Waals surface area contributed by atoms with Gasteiger partial charge in [-0.1, -0.05) is 13.8 Å². The highest BCUT2D eigenvalue weighted by Gasteiger charge is 2.01. The zero-order chi connectivity index (χ0) is 10.8. The molecule has 0 aliphatic heterocycles. The first-order chi connectivity index (χ1) is 6.38. The van der Waals surface area contributed by atoms with Crippen LogP contribution in [-0.4, -0.2) is 21.7 Å². The van der Waals surface area contributed by atoms with E-state index in [0.717, 1.165) is 5.56 Å². The van der Waals surface area contributed by atoms with Crippen molar-refractivity contribution in [2.75, 3.05) is 12.5 Å². The Hall–Kier alpha value is -0.900. The van der Waals surface area contributed by atoms with Crippen LogP contribution >= 0.6 is 0 Å². The van der Waals surface area contributed by atoms with Gasteiger partial charge in [-0.3, -0.25) is 4.98 Å². The van der Waals surface area contributed by atoms with Gasteiger partial charge in [-0.2, -0.15) is 4.36 Å². The molecule has 0 amide bonds. The lowest BCUT2D eigenvalue weighted by molar-refractivity contribution is 0.684. The normalized spacial score (nSPS) is 11.8. The van der Waals surface area contributed by atoms with E-state index in [1.807, 2.05) is 12.3 Å². The summed E-state index contributed by atoms with van der Waals surface area (Å²) in [4.78, 5) is 4.07. The van der Waals surface area contributed by atoms with Crippen molar-refractivity contribution in [3.05, 3.63) is 24.0 Å². The molecular formula is C10H16N2OS. The zero-order valence-corrected chi connectivity index (χ0v) is 9.84. The van der Waals surface area contributed by atoms with Crippen LogP contribution in [0.2, 0.25) is 0 Å². The van der Waals surface area contributed by atoms with Gasteiger partial charge < -0.3 is 0 Å². The van der Waals surface area contributed by atoms with Crippen LogP contribution in [0, 0.1) is 0 Å². The fraction of sp³-hybridized carbons (Fsp3) is 0.500. The van der Waals surface area contributed by atoms with E-state index in [4.69, 9.17) is 0 Å². The third-order valence-corrected chi connectivity index (χ3v) is 2.39. The highest BCUT2D eigenvalue weighted by Crippen LogP contribution is 2.19. The first-order valence-electron chi connectivity index (χ1n) is 4.50. The number of pyridine rings is 1. The van der Waals surface area contributed by atoms with E-state index in [1.165, 1.54) is 0 Å². The topological polar surface area (TPSA) is 42.3 Å². The SMILES string of the molecule is CC(C)c1cncc(N=S(C)(C)=O)c1. The van der Waals surface area contributed by atoms with E-state index < -0.39 is 9.73 Å². The van der Waals surface area contributed by atoms with Crippen LogP contribution in [0.25, 0.3) is 0 Å². The van der Waals surface area contributed by atoms with Gasteiger partial charge in [-0.15, -0.1) is 0 Å². The van der Waals surface area contributed by atoms with Gasteiger partial charge >= 0.3 is 0 Å². The largest absolute Gasteiger partial charge is 0.262 e. The van der Waals surface area contributed by atoms with Gasteiger partial charge in [0.1, 0.15) is 0 Å². The summed E-state index contributed by atoms with van der Waals surface area (Å²) in [6.07, 6.45) is 6.69. The molecular weight excluding hydrogens is 196 g/mol. The van der Waals surface area contributed by atoms with Crippen molar-refractivity contribution in [1.29, 1.82) is 0 Å². The lowest BCUT2D eigenvalue weighted by atomic mass is 10.1. The van der Waals surface area contributed by atoms with Crippen molar-refractivity contribution >= 4 is 15.4 Å². The van der Waals surface area contributed by atoms with E-state index in [2.05, 4.69) is 23.2 Å². The maximum atomic E-state index is 11.4. The lowest BCUT2D eigenvalue weighted by Gasteiger charge is -2.04. The fourth-order valence-corrected chi connectivity index (χ4v) is 1.67. The van der Waals surface area contributed by atoms with E-state index in [1.54, 1.807) is 18.7 Å². The summed E-state index contributed by atoms with van der Waals surface area (Å²) >= 11 is 0. The molecule has 0 aromatic carbocycles. The Labute approximate surface area is 85.8 Å². The monoisotopic (exact) mass is 212 g/mol. The van der Waals surface area contributed by atoms with Crippen LogP contribution in [0.1, 0.15) is 25.3 Å². The molecule has 0 radical (unpaired) electrons. The summed E-state index contributed by atoms with van der Waals surface area (Å²) in [5, 5.41) is 0. The highest BCUT2D eigenvalue weighted by atomic mass is 32.2. The van der Waals surface area contributed by atoms with E-state index in [0.29, 0.717) is 11.6 Å². The Bertz CT molecular complexity index is 424. The summed E-state index contributed by atoms with van der Waals surface area (Å²) < 4.78 is 15.5. The Morgan fingerprint density at radius 2 is 2.00 bits per heavy atom. The van der Waals surface area contributed by atoms with Crippen molar-refractivity contribution in [2.45, 2.75) is 19.8 Å². The van der Waals surface area contributed by atoms with Crippen molar-refractivity contribution in [2.24, 2.45) is 4.36 Å². The Balaban J connectivity index is 3.14. The maximum absolute atomic E-state index is 11.4. The van der Waals surface area contributed by atoms with Gasteiger partial charge in [0.05, 0.1) is 11.9 Å². The average Bonchev–Trinajstić information content (AvgIpc) is 2.01. The number of hydrogen-bond donors (Lipinski definition) is 0.